The maximum atomic E-state index is 12.5. The van der Waals surface area contributed by atoms with Crippen molar-refractivity contribution in [3.05, 3.63) is 59.7 Å². The molecule has 0 saturated carbocycles. The van der Waals surface area contributed by atoms with E-state index in [1.54, 1.807) is 31.2 Å². The molecule has 0 aliphatic rings. The number of hydrogen-bond acceptors (Lipinski definition) is 4. The van der Waals surface area contributed by atoms with Crippen molar-refractivity contribution in [2.45, 2.75) is 46.1 Å². The van der Waals surface area contributed by atoms with Gasteiger partial charge in [-0.15, -0.1) is 0 Å². The molecule has 0 fully saturated rings. The topological polar surface area (TPSA) is 64.6 Å². The molecule has 1 amide bonds. The maximum Gasteiger partial charge on any atom is 0.338 e. The molecule has 144 valence electrons. The third kappa shape index (κ3) is 5.58. The van der Waals surface area contributed by atoms with Gasteiger partial charge in [0, 0.05) is 5.69 Å². The fraction of sp³-hybridized carbons (Fsp3) is 0.364. The third-order valence-electron chi connectivity index (χ3n) is 4.42. The first-order chi connectivity index (χ1) is 13.0. The van der Waals surface area contributed by atoms with Crippen LogP contribution in [0.3, 0.4) is 0 Å². The summed E-state index contributed by atoms with van der Waals surface area (Å²) in [6.45, 7) is 8.22. The molecule has 2 aromatic rings. The quantitative estimate of drug-likeness (QED) is 0.680. The summed E-state index contributed by atoms with van der Waals surface area (Å²) in [5.41, 5.74) is 2.19. The van der Waals surface area contributed by atoms with Crippen LogP contribution >= 0.6 is 0 Å². The number of benzene rings is 2. The standard InChI is InChI=1S/C22H27NO4/c1-5-15(3)19-9-7-8-10-20(19)23-21(24)16(4)27-22(25)17-11-13-18(14-12-17)26-6-2/h7-16H,5-6H2,1-4H3,(H,23,24)/t15-,16-/m0/s1. The average molecular weight is 369 g/mol. The van der Waals surface area contributed by atoms with Crippen molar-refractivity contribution in [3.63, 3.8) is 0 Å². The fourth-order valence-electron chi connectivity index (χ4n) is 2.63. The van der Waals surface area contributed by atoms with Gasteiger partial charge in [-0.25, -0.2) is 4.79 Å². The van der Waals surface area contributed by atoms with Gasteiger partial charge in [0.05, 0.1) is 12.2 Å². The molecule has 1 N–H and O–H groups in total. The first-order valence-electron chi connectivity index (χ1n) is 9.29. The predicted molar refractivity (Wildman–Crippen MR) is 106 cm³/mol. The second kappa shape index (κ2) is 9.76. The summed E-state index contributed by atoms with van der Waals surface area (Å²) < 4.78 is 10.7. The fourth-order valence-corrected chi connectivity index (χ4v) is 2.63. The van der Waals surface area contributed by atoms with E-state index >= 15 is 0 Å². The number of rotatable bonds is 8. The number of para-hydroxylation sites is 1. The number of amides is 1. The van der Waals surface area contributed by atoms with Crippen molar-refractivity contribution in [3.8, 4) is 5.75 Å². The first-order valence-corrected chi connectivity index (χ1v) is 9.29. The SMILES string of the molecule is CCOc1ccc(C(=O)O[C@@H](C)C(=O)Nc2ccccc2[C@@H](C)CC)cc1. The zero-order valence-corrected chi connectivity index (χ0v) is 16.3. The summed E-state index contributed by atoms with van der Waals surface area (Å²) in [4.78, 5) is 24.7. The summed E-state index contributed by atoms with van der Waals surface area (Å²) in [5.74, 6) is 0.102. The van der Waals surface area contributed by atoms with E-state index < -0.39 is 12.1 Å². The highest BCUT2D eigenvalue weighted by molar-refractivity contribution is 5.97. The van der Waals surface area contributed by atoms with Gasteiger partial charge in [0.25, 0.3) is 5.91 Å². The molecule has 5 nitrogen and oxygen atoms in total. The molecule has 0 saturated heterocycles. The summed E-state index contributed by atoms with van der Waals surface area (Å²) in [6.07, 6.45) is 0.0591. The number of carbonyl (C=O) groups excluding carboxylic acids is 2. The van der Waals surface area contributed by atoms with Crippen LogP contribution in [0, 0.1) is 0 Å². The monoisotopic (exact) mass is 369 g/mol. The Morgan fingerprint density at radius 1 is 1.00 bits per heavy atom. The molecule has 0 bridgehead atoms. The Labute approximate surface area is 160 Å². The van der Waals surface area contributed by atoms with Crippen molar-refractivity contribution in [2.24, 2.45) is 0 Å². The molecule has 0 aliphatic carbocycles. The van der Waals surface area contributed by atoms with E-state index in [0.29, 0.717) is 23.8 Å². The molecule has 5 heteroatoms. The number of anilines is 1. The van der Waals surface area contributed by atoms with Crippen molar-refractivity contribution in [1.82, 2.24) is 0 Å². The lowest BCUT2D eigenvalue weighted by atomic mass is 9.97. The van der Waals surface area contributed by atoms with E-state index in [1.807, 2.05) is 31.2 Å². The first kappa shape index (κ1) is 20.5. The van der Waals surface area contributed by atoms with Crippen LogP contribution < -0.4 is 10.1 Å². The number of hydrogen-bond donors (Lipinski definition) is 1. The lowest BCUT2D eigenvalue weighted by Crippen LogP contribution is -2.30. The van der Waals surface area contributed by atoms with Gasteiger partial charge in [-0.1, -0.05) is 32.0 Å². The van der Waals surface area contributed by atoms with Crippen molar-refractivity contribution >= 4 is 17.6 Å². The van der Waals surface area contributed by atoms with Gasteiger partial charge in [-0.3, -0.25) is 4.79 Å². The minimum absolute atomic E-state index is 0.322. The number of nitrogens with one attached hydrogen (secondary N) is 1. The van der Waals surface area contributed by atoms with Crippen molar-refractivity contribution in [2.75, 3.05) is 11.9 Å². The minimum atomic E-state index is -0.908. The smallest absolute Gasteiger partial charge is 0.338 e. The molecule has 0 aromatic heterocycles. The zero-order valence-electron chi connectivity index (χ0n) is 16.3. The minimum Gasteiger partial charge on any atom is -0.494 e. The normalized spacial score (nSPS) is 12.7. The molecule has 2 rings (SSSR count). The lowest BCUT2D eigenvalue weighted by Gasteiger charge is -2.18. The Kier molecular flexibility index (Phi) is 7.41. The summed E-state index contributed by atoms with van der Waals surface area (Å²) in [7, 11) is 0. The Morgan fingerprint density at radius 3 is 2.30 bits per heavy atom. The molecule has 0 unspecified atom stereocenters. The van der Waals surface area contributed by atoms with Crippen LogP contribution in [0.2, 0.25) is 0 Å². The molecule has 0 radical (unpaired) electrons. The van der Waals surface area contributed by atoms with E-state index in [2.05, 4.69) is 19.2 Å². The van der Waals surface area contributed by atoms with Gasteiger partial charge in [0.1, 0.15) is 5.75 Å². The van der Waals surface area contributed by atoms with Crippen LogP contribution in [0.1, 0.15) is 56.0 Å². The number of carbonyl (C=O) groups is 2. The van der Waals surface area contributed by atoms with Crippen LogP contribution in [0.4, 0.5) is 5.69 Å². The molecular weight excluding hydrogens is 342 g/mol. The second-order valence-electron chi connectivity index (χ2n) is 6.39. The van der Waals surface area contributed by atoms with Crippen LogP contribution in [-0.4, -0.2) is 24.6 Å². The van der Waals surface area contributed by atoms with Crippen molar-refractivity contribution < 1.29 is 19.1 Å². The molecular formula is C22H27NO4. The van der Waals surface area contributed by atoms with Gasteiger partial charge in [0.15, 0.2) is 6.10 Å². The number of ether oxygens (including phenoxy) is 2. The molecule has 2 aromatic carbocycles. The van der Waals surface area contributed by atoms with E-state index in [1.165, 1.54) is 0 Å². The van der Waals surface area contributed by atoms with Crippen molar-refractivity contribution in [1.29, 1.82) is 0 Å². The van der Waals surface area contributed by atoms with E-state index in [0.717, 1.165) is 17.7 Å². The molecule has 0 heterocycles. The third-order valence-corrected chi connectivity index (χ3v) is 4.42. The van der Waals surface area contributed by atoms with Gasteiger partial charge in [-0.2, -0.15) is 0 Å². The molecule has 27 heavy (non-hydrogen) atoms. The highest BCUT2D eigenvalue weighted by Crippen LogP contribution is 2.26. The van der Waals surface area contributed by atoms with E-state index in [-0.39, 0.29) is 5.91 Å². The van der Waals surface area contributed by atoms with Gasteiger partial charge in [-0.05, 0) is 62.1 Å². The molecule has 2 atom stereocenters. The number of esters is 1. The Morgan fingerprint density at radius 2 is 1.67 bits per heavy atom. The predicted octanol–water partition coefficient (Wildman–Crippen LogP) is 4.78. The second-order valence-corrected chi connectivity index (χ2v) is 6.39. The Bertz CT molecular complexity index is 770. The molecule has 0 spiro atoms. The summed E-state index contributed by atoms with van der Waals surface area (Å²) >= 11 is 0. The molecule has 0 aliphatic heterocycles. The van der Waals surface area contributed by atoms with Crippen LogP contribution in [0.25, 0.3) is 0 Å². The van der Waals surface area contributed by atoms with Gasteiger partial charge in [0.2, 0.25) is 0 Å². The van der Waals surface area contributed by atoms with Crippen LogP contribution in [0.15, 0.2) is 48.5 Å². The summed E-state index contributed by atoms with van der Waals surface area (Å²) in [5, 5.41) is 2.87. The van der Waals surface area contributed by atoms with E-state index in [9.17, 15) is 9.59 Å². The van der Waals surface area contributed by atoms with E-state index in [4.69, 9.17) is 9.47 Å². The lowest BCUT2D eigenvalue weighted by molar-refractivity contribution is -0.123. The maximum absolute atomic E-state index is 12.5. The van der Waals surface area contributed by atoms with Crippen LogP contribution in [-0.2, 0) is 9.53 Å². The highest BCUT2D eigenvalue weighted by Gasteiger charge is 2.20. The Balaban J connectivity index is 2.00. The van der Waals surface area contributed by atoms with Gasteiger partial charge < -0.3 is 14.8 Å². The van der Waals surface area contributed by atoms with Gasteiger partial charge >= 0.3 is 5.97 Å². The highest BCUT2D eigenvalue weighted by atomic mass is 16.5. The van der Waals surface area contributed by atoms with Crippen LogP contribution in [0.5, 0.6) is 5.75 Å². The largest absolute Gasteiger partial charge is 0.494 e. The average Bonchev–Trinajstić information content (AvgIpc) is 2.68. The Hall–Kier alpha value is -2.82. The summed E-state index contributed by atoms with van der Waals surface area (Å²) in [6, 6.07) is 14.3. The zero-order chi connectivity index (χ0) is 19.8.